The Bertz CT molecular complexity index is 1590. The SMILES string of the molecule is CC(=O)N(c1ccc(Cl)cc1)[C@@H]1C[C@H](C)N(C(=O)c2ccc(N(S(C)(=O)=O)S(C)(=O)=O)cc2)c2ccccc21. The molecule has 39 heavy (non-hydrogen) atoms. The summed E-state index contributed by atoms with van der Waals surface area (Å²) in [6.45, 7) is 3.39. The molecule has 0 bridgehead atoms. The average Bonchev–Trinajstić information content (AvgIpc) is 2.83. The van der Waals surface area contributed by atoms with Crippen LogP contribution in [0.4, 0.5) is 17.1 Å². The summed E-state index contributed by atoms with van der Waals surface area (Å²) in [6.07, 6.45) is 2.05. The lowest BCUT2D eigenvalue weighted by Crippen LogP contribution is -2.47. The molecular weight excluding hydrogens is 562 g/mol. The molecule has 0 aliphatic carbocycles. The van der Waals surface area contributed by atoms with Gasteiger partial charge in [0.05, 0.1) is 24.2 Å². The van der Waals surface area contributed by atoms with Gasteiger partial charge in [-0.05, 0) is 73.5 Å². The van der Waals surface area contributed by atoms with Gasteiger partial charge in [0.25, 0.3) is 5.91 Å². The highest BCUT2D eigenvalue weighted by molar-refractivity contribution is 8.09. The number of anilines is 3. The third-order valence-corrected chi connectivity index (χ3v) is 9.97. The van der Waals surface area contributed by atoms with Crippen LogP contribution in [0.15, 0.2) is 72.8 Å². The Balaban J connectivity index is 1.72. The summed E-state index contributed by atoms with van der Waals surface area (Å²) in [5.74, 6) is -0.493. The first-order valence-electron chi connectivity index (χ1n) is 12.0. The molecule has 9 nitrogen and oxygen atoms in total. The molecule has 0 radical (unpaired) electrons. The van der Waals surface area contributed by atoms with Crippen molar-refractivity contribution < 1.29 is 26.4 Å². The molecular formula is C27H28ClN3O6S2. The smallest absolute Gasteiger partial charge is 0.258 e. The van der Waals surface area contributed by atoms with Crippen LogP contribution >= 0.6 is 11.6 Å². The summed E-state index contributed by atoms with van der Waals surface area (Å²) in [5.41, 5.74) is 2.29. The molecule has 0 spiro atoms. The van der Waals surface area contributed by atoms with Gasteiger partial charge in [0, 0.05) is 34.9 Å². The minimum Gasteiger partial charge on any atom is -0.305 e. The Hall–Kier alpha value is -3.41. The Morgan fingerprint density at radius 3 is 1.92 bits per heavy atom. The van der Waals surface area contributed by atoms with Crippen LogP contribution < -0.4 is 13.5 Å². The molecule has 0 N–H and O–H groups in total. The topological polar surface area (TPSA) is 112 Å². The van der Waals surface area contributed by atoms with Gasteiger partial charge in [-0.15, -0.1) is 0 Å². The van der Waals surface area contributed by atoms with E-state index in [9.17, 15) is 26.4 Å². The fraction of sp³-hybridized carbons (Fsp3) is 0.259. The molecule has 1 aliphatic rings. The van der Waals surface area contributed by atoms with Crippen molar-refractivity contribution in [1.29, 1.82) is 0 Å². The van der Waals surface area contributed by atoms with Crippen LogP contribution in [0.25, 0.3) is 0 Å². The molecule has 0 fully saturated rings. The van der Waals surface area contributed by atoms with Gasteiger partial charge in [-0.25, -0.2) is 16.8 Å². The number of carbonyl (C=O) groups excluding carboxylic acids is 2. The minimum atomic E-state index is -4.11. The maximum Gasteiger partial charge on any atom is 0.258 e. The van der Waals surface area contributed by atoms with E-state index in [1.54, 1.807) is 34.1 Å². The summed E-state index contributed by atoms with van der Waals surface area (Å²) in [7, 11) is -8.23. The molecule has 0 saturated heterocycles. The number of para-hydroxylation sites is 1. The Morgan fingerprint density at radius 2 is 1.38 bits per heavy atom. The minimum absolute atomic E-state index is 0.0937. The number of halogens is 1. The number of carbonyl (C=O) groups is 2. The van der Waals surface area contributed by atoms with E-state index >= 15 is 0 Å². The maximum atomic E-state index is 13.7. The van der Waals surface area contributed by atoms with Crippen molar-refractivity contribution in [3.05, 3.63) is 88.9 Å². The summed E-state index contributed by atoms with van der Waals surface area (Å²) < 4.78 is 48.8. The molecule has 206 valence electrons. The van der Waals surface area contributed by atoms with Gasteiger partial charge in [-0.1, -0.05) is 29.8 Å². The van der Waals surface area contributed by atoms with Crippen molar-refractivity contribution >= 4 is 60.5 Å². The van der Waals surface area contributed by atoms with Crippen molar-refractivity contribution in [1.82, 2.24) is 0 Å². The second-order valence-corrected chi connectivity index (χ2v) is 13.8. The molecule has 12 heteroatoms. The Kier molecular flexibility index (Phi) is 7.79. The molecule has 2 atom stereocenters. The molecule has 0 saturated carbocycles. The van der Waals surface area contributed by atoms with Crippen LogP contribution in [-0.2, 0) is 24.8 Å². The Morgan fingerprint density at radius 1 is 0.846 bits per heavy atom. The van der Waals surface area contributed by atoms with Gasteiger partial charge in [0.1, 0.15) is 0 Å². The van der Waals surface area contributed by atoms with E-state index in [1.165, 1.54) is 31.2 Å². The third-order valence-electron chi connectivity index (χ3n) is 6.46. The van der Waals surface area contributed by atoms with E-state index in [0.29, 0.717) is 26.5 Å². The summed E-state index contributed by atoms with van der Waals surface area (Å²) in [5, 5.41) is 0.554. The van der Waals surface area contributed by atoms with Crippen LogP contribution in [0.3, 0.4) is 0 Å². The van der Waals surface area contributed by atoms with Crippen LogP contribution in [0.2, 0.25) is 5.02 Å². The quantitative estimate of drug-likeness (QED) is 0.415. The van der Waals surface area contributed by atoms with E-state index in [0.717, 1.165) is 18.1 Å². The highest BCUT2D eigenvalue weighted by Gasteiger charge is 2.38. The first-order chi connectivity index (χ1) is 18.2. The lowest BCUT2D eigenvalue weighted by Gasteiger charge is -2.43. The van der Waals surface area contributed by atoms with Crippen LogP contribution in [0, 0.1) is 0 Å². The number of benzene rings is 3. The molecule has 4 rings (SSSR count). The summed E-state index contributed by atoms with van der Waals surface area (Å²) in [4.78, 5) is 29.9. The largest absolute Gasteiger partial charge is 0.305 e. The first-order valence-corrected chi connectivity index (χ1v) is 16.1. The van der Waals surface area contributed by atoms with E-state index < -0.39 is 20.0 Å². The second-order valence-electron chi connectivity index (χ2n) is 9.47. The lowest BCUT2D eigenvalue weighted by molar-refractivity contribution is -0.117. The van der Waals surface area contributed by atoms with Gasteiger partial charge in [0.15, 0.2) is 0 Å². The average molecular weight is 590 g/mol. The first kappa shape index (κ1) is 28.6. The van der Waals surface area contributed by atoms with E-state index in [2.05, 4.69) is 0 Å². The third kappa shape index (κ3) is 5.80. The van der Waals surface area contributed by atoms with Crippen molar-refractivity contribution in [3.63, 3.8) is 0 Å². The number of rotatable bonds is 6. The van der Waals surface area contributed by atoms with Crippen molar-refractivity contribution in [2.75, 3.05) is 26.0 Å². The van der Waals surface area contributed by atoms with Crippen molar-refractivity contribution in [2.24, 2.45) is 0 Å². The zero-order chi connectivity index (χ0) is 28.7. The fourth-order valence-electron chi connectivity index (χ4n) is 5.01. The number of hydrogen-bond acceptors (Lipinski definition) is 6. The second kappa shape index (κ2) is 10.6. The number of nitrogens with zero attached hydrogens (tertiary/aromatic N) is 3. The lowest BCUT2D eigenvalue weighted by atomic mass is 9.89. The molecule has 1 heterocycles. The highest BCUT2D eigenvalue weighted by atomic mass is 35.5. The normalized spacial score (nSPS) is 17.3. The van der Waals surface area contributed by atoms with Gasteiger partial charge in [-0.3, -0.25) is 9.59 Å². The predicted molar refractivity (Wildman–Crippen MR) is 153 cm³/mol. The maximum absolute atomic E-state index is 13.7. The molecule has 1 aliphatic heterocycles. The van der Waals surface area contributed by atoms with E-state index in [-0.39, 0.29) is 35.1 Å². The standard InChI is InChI=1S/C27H28ClN3O6S2/c1-18-17-26(30(19(2)32)22-15-11-21(28)12-16-22)24-7-5-6-8-25(24)29(18)27(33)20-9-13-23(14-10-20)31(38(3,34)35)39(4,36)37/h5-16,18,26H,17H2,1-4H3/t18-,26+/m0/s1. The van der Waals surface area contributed by atoms with Gasteiger partial charge >= 0.3 is 0 Å². The molecule has 0 aromatic heterocycles. The van der Waals surface area contributed by atoms with E-state index in [4.69, 9.17) is 11.6 Å². The fourth-order valence-corrected chi connectivity index (χ4v) is 8.12. The zero-order valence-electron chi connectivity index (χ0n) is 21.8. The van der Waals surface area contributed by atoms with Gasteiger partial charge in [-0.2, -0.15) is 3.71 Å². The Labute approximate surface area is 233 Å². The highest BCUT2D eigenvalue weighted by Crippen LogP contribution is 2.43. The van der Waals surface area contributed by atoms with E-state index in [1.807, 2.05) is 31.2 Å². The predicted octanol–water partition coefficient (Wildman–Crippen LogP) is 4.60. The number of hydrogen-bond donors (Lipinski definition) is 0. The van der Waals surface area contributed by atoms with Crippen LogP contribution in [0.5, 0.6) is 0 Å². The number of sulfonamides is 2. The molecule has 3 aromatic carbocycles. The van der Waals surface area contributed by atoms with Crippen molar-refractivity contribution in [2.45, 2.75) is 32.4 Å². The molecule has 3 aromatic rings. The number of fused-ring (bicyclic) bond motifs is 1. The zero-order valence-corrected chi connectivity index (χ0v) is 24.2. The van der Waals surface area contributed by atoms with Crippen LogP contribution in [-0.4, -0.2) is 47.2 Å². The van der Waals surface area contributed by atoms with Gasteiger partial charge < -0.3 is 9.80 Å². The van der Waals surface area contributed by atoms with Gasteiger partial charge in [0.2, 0.25) is 26.0 Å². The summed E-state index contributed by atoms with van der Waals surface area (Å²) in [6, 6.07) is 19.1. The molecule has 2 amide bonds. The molecule has 0 unspecified atom stereocenters. The number of amides is 2. The van der Waals surface area contributed by atoms with Crippen molar-refractivity contribution in [3.8, 4) is 0 Å². The summed E-state index contributed by atoms with van der Waals surface area (Å²) >= 11 is 6.06. The monoisotopic (exact) mass is 589 g/mol. The van der Waals surface area contributed by atoms with Crippen LogP contribution in [0.1, 0.15) is 42.2 Å².